The summed E-state index contributed by atoms with van der Waals surface area (Å²) in [5.74, 6) is 0. The third-order valence-corrected chi connectivity index (χ3v) is 3.26. The van der Waals surface area contributed by atoms with Crippen molar-refractivity contribution in [3.8, 4) is 0 Å². The van der Waals surface area contributed by atoms with Crippen LogP contribution in [0.15, 0.2) is 0 Å². The minimum Gasteiger partial charge on any atom is -0.394 e. The molecule has 0 saturated heterocycles. The number of aliphatic hydroxyl groups excluding tert-OH is 1. The van der Waals surface area contributed by atoms with E-state index in [0.29, 0.717) is 59.5 Å². The molecule has 0 unspecified atom stereocenters. The zero-order chi connectivity index (χ0) is 17.6. The lowest BCUT2D eigenvalue weighted by Crippen LogP contribution is -2.13. The third kappa shape index (κ3) is 21.8. The van der Waals surface area contributed by atoms with E-state index in [1.807, 2.05) is 0 Å². The van der Waals surface area contributed by atoms with Gasteiger partial charge in [0.05, 0.1) is 66.1 Å². The van der Waals surface area contributed by atoms with Crippen molar-refractivity contribution in [3.63, 3.8) is 0 Å². The van der Waals surface area contributed by atoms with Gasteiger partial charge >= 0.3 is 0 Å². The average Bonchev–Trinajstić information content (AvgIpc) is 2.60. The summed E-state index contributed by atoms with van der Waals surface area (Å²) in [6.07, 6.45) is 7.23. The van der Waals surface area contributed by atoms with Crippen LogP contribution in [0, 0.1) is 6.92 Å². The first-order chi connectivity index (χ1) is 11.9. The SMILES string of the molecule is [CH2-]CCCCCCCOCCOCCOCCOCCOCCO. The van der Waals surface area contributed by atoms with Crippen molar-refractivity contribution in [2.75, 3.05) is 72.7 Å². The van der Waals surface area contributed by atoms with Gasteiger partial charge < -0.3 is 35.7 Å². The molecule has 24 heavy (non-hydrogen) atoms. The van der Waals surface area contributed by atoms with Gasteiger partial charge in [-0.25, -0.2) is 0 Å². The monoisotopic (exact) mass is 349 g/mol. The molecule has 0 aliphatic carbocycles. The molecule has 0 heterocycles. The standard InChI is InChI=1S/C18H37O6/c1-2-3-4-5-6-7-9-20-11-13-22-15-17-24-18-16-23-14-12-21-10-8-19/h19H,1-18H2/q-1. The molecular weight excluding hydrogens is 312 g/mol. The number of hydrogen-bond donors (Lipinski definition) is 1. The molecule has 0 aliphatic rings. The van der Waals surface area contributed by atoms with E-state index < -0.39 is 0 Å². The molecule has 0 aromatic rings. The van der Waals surface area contributed by atoms with Gasteiger partial charge in [-0.2, -0.15) is 6.42 Å². The molecule has 0 fully saturated rings. The largest absolute Gasteiger partial charge is 0.394 e. The zero-order valence-corrected chi connectivity index (χ0v) is 15.2. The van der Waals surface area contributed by atoms with Crippen LogP contribution in [0.5, 0.6) is 0 Å². The maximum absolute atomic E-state index is 8.51. The molecule has 0 radical (unpaired) electrons. The molecule has 0 spiro atoms. The van der Waals surface area contributed by atoms with E-state index in [-0.39, 0.29) is 6.61 Å². The van der Waals surface area contributed by atoms with Crippen molar-refractivity contribution in [2.45, 2.75) is 38.5 Å². The first-order valence-electron chi connectivity index (χ1n) is 9.20. The van der Waals surface area contributed by atoms with Crippen molar-refractivity contribution < 1.29 is 28.8 Å². The van der Waals surface area contributed by atoms with Crippen LogP contribution in [-0.4, -0.2) is 77.8 Å². The van der Waals surface area contributed by atoms with Crippen molar-refractivity contribution in [2.24, 2.45) is 0 Å². The van der Waals surface area contributed by atoms with E-state index >= 15 is 0 Å². The lowest BCUT2D eigenvalue weighted by molar-refractivity contribution is -0.0134. The number of hydrogen-bond acceptors (Lipinski definition) is 6. The third-order valence-electron chi connectivity index (χ3n) is 3.26. The average molecular weight is 349 g/mol. The van der Waals surface area contributed by atoms with Gasteiger partial charge in [0.15, 0.2) is 0 Å². The molecule has 0 aliphatic heterocycles. The molecule has 6 nitrogen and oxygen atoms in total. The maximum atomic E-state index is 8.51. The van der Waals surface area contributed by atoms with Crippen molar-refractivity contribution in [1.82, 2.24) is 0 Å². The van der Waals surface area contributed by atoms with Gasteiger partial charge in [-0.3, -0.25) is 0 Å². The molecule has 1 N–H and O–H groups in total. The fourth-order valence-electron chi connectivity index (χ4n) is 1.96. The highest BCUT2D eigenvalue weighted by Crippen LogP contribution is 2.04. The number of ether oxygens (including phenoxy) is 5. The predicted octanol–water partition coefficient (Wildman–Crippen LogP) is 2.24. The Kier molecular flexibility index (Phi) is 22.5. The second-order valence-corrected chi connectivity index (χ2v) is 5.41. The highest BCUT2D eigenvalue weighted by molar-refractivity contribution is 4.46. The predicted molar refractivity (Wildman–Crippen MR) is 94.2 cm³/mol. The normalized spacial score (nSPS) is 11.2. The molecular formula is C18H37O6-. The van der Waals surface area contributed by atoms with Gasteiger partial charge in [0.1, 0.15) is 0 Å². The van der Waals surface area contributed by atoms with E-state index in [9.17, 15) is 0 Å². The topological polar surface area (TPSA) is 66.4 Å². The summed E-state index contributed by atoms with van der Waals surface area (Å²) >= 11 is 0. The maximum Gasteiger partial charge on any atom is 0.0701 e. The molecule has 6 heteroatoms. The van der Waals surface area contributed by atoms with Crippen LogP contribution in [-0.2, 0) is 23.7 Å². The molecule has 0 amide bonds. The molecule has 0 bridgehead atoms. The lowest BCUT2D eigenvalue weighted by atomic mass is 10.1. The Balaban J connectivity index is 2.93. The van der Waals surface area contributed by atoms with Gasteiger partial charge in [0.2, 0.25) is 0 Å². The summed E-state index contributed by atoms with van der Waals surface area (Å²) in [6, 6.07) is 0. The van der Waals surface area contributed by atoms with Crippen molar-refractivity contribution >= 4 is 0 Å². The van der Waals surface area contributed by atoms with E-state index in [1.54, 1.807) is 0 Å². The van der Waals surface area contributed by atoms with Crippen LogP contribution in [0.3, 0.4) is 0 Å². The summed E-state index contributed by atoms with van der Waals surface area (Å²) in [5, 5.41) is 8.51. The Labute approximate surface area is 147 Å². The Morgan fingerprint density at radius 3 is 1.29 bits per heavy atom. The zero-order valence-electron chi connectivity index (χ0n) is 15.2. The van der Waals surface area contributed by atoms with Gasteiger partial charge in [-0.15, -0.1) is 0 Å². The number of unbranched alkanes of at least 4 members (excludes halogenated alkanes) is 5. The second-order valence-electron chi connectivity index (χ2n) is 5.41. The summed E-state index contributed by atoms with van der Waals surface area (Å²) in [5.41, 5.74) is 0. The minimum atomic E-state index is 0.0469. The van der Waals surface area contributed by atoms with Crippen LogP contribution in [0.1, 0.15) is 38.5 Å². The fraction of sp³-hybridized carbons (Fsp3) is 0.944. The molecule has 0 atom stereocenters. The Hall–Kier alpha value is -0.240. The van der Waals surface area contributed by atoms with Crippen molar-refractivity contribution in [1.29, 1.82) is 0 Å². The van der Waals surface area contributed by atoms with Crippen molar-refractivity contribution in [3.05, 3.63) is 6.92 Å². The summed E-state index contributed by atoms with van der Waals surface area (Å²) < 4.78 is 26.7. The van der Waals surface area contributed by atoms with E-state index in [0.717, 1.165) is 19.4 Å². The summed E-state index contributed by atoms with van der Waals surface area (Å²) in [6.45, 7) is 9.59. The highest BCUT2D eigenvalue weighted by atomic mass is 16.6. The van der Waals surface area contributed by atoms with Crippen LogP contribution < -0.4 is 0 Å². The molecule has 0 aromatic heterocycles. The molecule has 0 rings (SSSR count). The summed E-state index contributed by atoms with van der Waals surface area (Å²) in [4.78, 5) is 0. The molecule has 0 saturated carbocycles. The number of aliphatic hydroxyl groups is 1. The first-order valence-corrected chi connectivity index (χ1v) is 9.20. The Morgan fingerprint density at radius 2 is 0.833 bits per heavy atom. The number of rotatable bonds is 21. The van der Waals surface area contributed by atoms with Crippen LogP contribution >= 0.6 is 0 Å². The van der Waals surface area contributed by atoms with Gasteiger partial charge in [0.25, 0.3) is 0 Å². The van der Waals surface area contributed by atoms with E-state index in [4.69, 9.17) is 28.8 Å². The highest BCUT2D eigenvalue weighted by Gasteiger charge is 1.94. The van der Waals surface area contributed by atoms with Crippen LogP contribution in [0.4, 0.5) is 0 Å². The Bertz CT molecular complexity index is 194. The van der Waals surface area contributed by atoms with Crippen LogP contribution in [0.2, 0.25) is 0 Å². The molecule has 146 valence electrons. The van der Waals surface area contributed by atoms with Crippen LogP contribution in [0.25, 0.3) is 0 Å². The smallest absolute Gasteiger partial charge is 0.0701 e. The fourth-order valence-corrected chi connectivity index (χ4v) is 1.96. The Morgan fingerprint density at radius 1 is 0.458 bits per heavy atom. The van der Waals surface area contributed by atoms with Gasteiger partial charge in [-0.1, -0.05) is 25.7 Å². The quantitative estimate of drug-likeness (QED) is 0.253. The van der Waals surface area contributed by atoms with Gasteiger partial charge in [-0.05, 0) is 6.42 Å². The second kappa shape index (κ2) is 22.8. The van der Waals surface area contributed by atoms with E-state index in [1.165, 1.54) is 25.7 Å². The molecule has 0 aromatic carbocycles. The lowest BCUT2D eigenvalue weighted by Gasteiger charge is -2.08. The van der Waals surface area contributed by atoms with E-state index in [2.05, 4.69) is 6.92 Å². The van der Waals surface area contributed by atoms with Gasteiger partial charge in [0, 0.05) is 6.61 Å². The summed E-state index contributed by atoms with van der Waals surface area (Å²) in [7, 11) is 0. The first kappa shape index (κ1) is 23.8. The minimum absolute atomic E-state index is 0.0469.